The highest BCUT2D eigenvalue weighted by molar-refractivity contribution is 5.64. The van der Waals surface area contributed by atoms with Crippen LogP contribution < -0.4 is 0 Å². The predicted octanol–water partition coefficient (Wildman–Crippen LogP) is 3.97. The summed E-state index contributed by atoms with van der Waals surface area (Å²) in [5.41, 5.74) is -0.0732. The third-order valence-corrected chi connectivity index (χ3v) is 6.06. The van der Waals surface area contributed by atoms with Crippen molar-refractivity contribution >= 4 is 11.4 Å². The second kappa shape index (κ2) is 10.4. The summed E-state index contributed by atoms with van der Waals surface area (Å²) in [7, 11) is 0. The van der Waals surface area contributed by atoms with Gasteiger partial charge < -0.3 is 4.57 Å². The number of nitro benzene ring substituents is 2. The normalized spacial score (nSPS) is 12.1. The molecule has 14 nitrogen and oxygen atoms in total. The first-order chi connectivity index (χ1) is 17.3. The first kappa shape index (κ1) is 24.6. The van der Waals surface area contributed by atoms with Crippen LogP contribution in [0, 0.1) is 20.2 Å². The Balaban J connectivity index is 1.84. The largest absolute Gasteiger partial charge is 0.313 e. The molecule has 14 heteroatoms. The molecule has 4 aromatic rings. The maximum atomic E-state index is 12.1. The first-order valence-electron chi connectivity index (χ1n) is 11.6. The lowest BCUT2D eigenvalue weighted by molar-refractivity contribution is -0.395. The van der Waals surface area contributed by atoms with E-state index in [1.165, 1.54) is 12.1 Å². The monoisotopic (exact) mass is 494 g/mol. The quantitative estimate of drug-likeness (QED) is 0.239. The van der Waals surface area contributed by atoms with Crippen LogP contribution in [0.1, 0.15) is 63.2 Å². The number of nitro groups is 2. The number of unbranched alkanes of at least 4 members (excludes halogenated alkanes) is 1. The van der Waals surface area contributed by atoms with E-state index in [-0.39, 0.29) is 35.1 Å². The van der Waals surface area contributed by atoms with Crippen LogP contribution >= 0.6 is 0 Å². The molecule has 4 rings (SSSR count). The van der Waals surface area contributed by atoms with Gasteiger partial charge in [-0.25, -0.2) is 14.8 Å². The van der Waals surface area contributed by atoms with E-state index in [9.17, 15) is 20.2 Å². The zero-order valence-corrected chi connectivity index (χ0v) is 20.2. The lowest BCUT2D eigenvalue weighted by Crippen LogP contribution is -2.13. The van der Waals surface area contributed by atoms with Crippen molar-refractivity contribution in [2.45, 2.75) is 58.9 Å². The van der Waals surface area contributed by atoms with Gasteiger partial charge in [-0.15, -0.1) is 5.10 Å². The second-order valence-electron chi connectivity index (χ2n) is 8.45. The zero-order valence-electron chi connectivity index (χ0n) is 20.2. The average Bonchev–Trinajstić information content (AvgIpc) is 3.62. The lowest BCUT2D eigenvalue weighted by atomic mass is 10.1. The maximum Gasteiger partial charge on any atom is 0.283 e. The number of aromatic nitrogens is 8. The molecular formula is C22H26N10O4. The Kier molecular flexibility index (Phi) is 7.12. The summed E-state index contributed by atoms with van der Waals surface area (Å²) in [5, 5.41) is 42.4. The Bertz CT molecular complexity index is 1340. The Morgan fingerprint density at radius 2 is 1.86 bits per heavy atom. The van der Waals surface area contributed by atoms with Crippen molar-refractivity contribution in [2.24, 2.45) is 0 Å². The molecule has 0 amide bonds. The van der Waals surface area contributed by atoms with Gasteiger partial charge in [-0.2, -0.15) is 5.10 Å². The molecule has 1 atom stereocenters. The Hall–Kier alpha value is -4.49. The van der Waals surface area contributed by atoms with Gasteiger partial charge in [0.25, 0.3) is 11.4 Å². The van der Waals surface area contributed by atoms with E-state index in [0.29, 0.717) is 29.6 Å². The molecule has 1 unspecified atom stereocenters. The van der Waals surface area contributed by atoms with Gasteiger partial charge >= 0.3 is 0 Å². The smallest absolute Gasteiger partial charge is 0.283 e. The van der Waals surface area contributed by atoms with Crippen molar-refractivity contribution in [3.05, 3.63) is 67.9 Å². The standard InChI is InChI=1S/C22H26N10O4/c1-4-6-9-20-23-22(14(3)5-2)30(26-20)13-16-18(31(33)34)11-15(12-19(16)32(35)36)29-10-7-8-17(29)21-24-27-28-25-21/h7-8,10-12,14H,4-6,9,13H2,1-3H3,(H,24,25,27,28). The number of hydrogen-bond acceptors (Lipinski definition) is 9. The SMILES string of the molecule is CCCCc1nc(C(C)CC)n(Cc2c([N+](=O)[O-])cc(-n3cccc3-c3nnn[nH]3)cc2[N+](=O)[O-])n1. The molecule has 3 aromatic heterocycles. The van der Waals surface area contributed by atoms with E-state index >= 15 is 0 Å². The van der Waals surface area contributed by atoms with Crippen LogP contribution in [0.2, 0.25) is 0 Å². The Labute approximate surface area is 205 Å². The van der Waals surface area contributed by atoms with Gasteiger partial charge in [0.05, 0.1) is 27.8 Å². The molecule has 0 aliphatic carbocycles. The summed E-state index contributed by atoms with van der Waals surface area (Å²) < 4.78 is 3.12. The highest BCUT2D eigenvalue weighted by Crippen LogP contribution is 2.35. The van der Waals surface area contributed by atoms with E-state index in [0.717, 1.165) is 19.3 Å². The molecule has 0 aliphatic rings. The van der Waals surface area contributed by atoms with Crippen molar-refractivity contribution in [3.63, 3.8) is 0 Å². The van der Waals surface area contributed by atoms with Crippen LogP contribution in [0.25, 0.3) is 17.2 Å². The van der Waals surface area contributed by atoms with Crippen molar-refractivity contribution in [3.8, 4) is 17.2 Å². The van der Waals surface area contributed by atoms with Crippen LogP contribution in [0.15, 0.2) is 30.5 Å². The average molecular weight is 495 g/mol. The second-order valence-corrected chi connectivity index (χ2v) is 8.45. The third-order valence-electron chi connectivity index (χ3n) is 6.06. The zero-order chi connectivity index (χ0) is 25.8. The maximum absolute atomic E-state index is 12.1. The molecular weight excluding hydrogens is 468 g/mol. The minimum Gasteiger partial charge on any atom is -0.313 e. The number of nitrogens with one attached hydrogen (secondary N) is 1. The number of hydrogen-bond donors (Lipinski definition) is 1. The highest BCUT2D eigenvalue weighted by atomic mass is 16.6. The van der Waals surface area contributed by atoms with Gasteiger partial charge in [0.15, 0.2) is 11.6 Å². The minimum absolute atomic E-state index is 0.0307. The van der Waals surface area contributed by atoms with Crippen LogP contribution in [-0.2, 0) is 13.0 Å². The van der Waals surface area contributed by atoms with E-state index in [2.05, 4.69) is 37.6 Å². The molecule has 0 aliphatic heterocycles. The Morgan fingerprint density at radius 3 is 2.44 bits per heavy atom. The van der Waals surface area contributed by atoms with Crippen molar-refractivity contribution in [1.82, 2.24) is 40.0 Å². The van der Waals surface area contributed by atoms with Crippen LogP contribution in [0.4, 0.5) is 11.4 Å². The molecule has 1 aromatic carbocycles. The fourth-order valence-electron chi connectivity index (χ4n) is 3.98. The van der Waals surface area contributed by atoms with Gasteiger partial charge in [0.2, 0.25) is 0 Å². The Morgan fingerprint density at radius 1 is 1.14 bits per heavy atom. The van der Waals surface area contributed by atoms with Crippen LogP contribution in [0.3, 0.4) is 0 Å². The molecule has 3 heterocycles. The lowest BCUT2D eigenvalue weighted by Gasteiger charge is -2.13. The van der Waals surface area contributed by atoms with Crippen molar-refractivity contribution < 1.29 is 9.85 Å². The van der Waals surface area contributed by atoms with E-state index in [1.54, 1.807) is 27.6 Å². The summed E-state index contributed by atoms with van der Waals surface area (Å²) in [5.74, 6) is 1.63. The third kappa shape index (κ3) is 4.82. The fraction of sp³-hybridized carbons (Fsp3) is 0.409. The number of aromatic amines is 1. The van der Waals surface area contributed by atoms with Crippen LogP contribution in [-0.4, -0.2) is 49.8 Å². The number of nitrogens with zero attached hydrogens (tertiary/aromatic N) is 9. The fourth-order valence-corrected chi connectivity index (χ4v) is 3.98. The molecule has 0 fully saturated rings. The van der Waals surface area contributed by atoms with Gasteiger partial charge in [0, 0.05) is 30.7 Å². The summed E-state index contributed by atoms with van der Waals surface area (Å²) in [4.78, 5) is 27.7. The number of rotatable bonds is 11. The number of tetrazole rings is 1. The molecule has 0 bridgehead atoms. The minimum atomic E-state index is -0.608. The van der Waals surface area contributed by atoms with Gasteiger partial charge in [-0.1, -0.05) is 27.2 Å². The summed E-state index contributed by atoms with van der Waals surface area (Å²) in [6.45, 7) is 5.92. The first-order valence-corrected chi connectivity index (χ1v) is 11.6. The molecule has 0 radical (unpaired) electrons. The van der Waals surface area contributed by atoms with E-state index < -0.39 is 9.85 Å². The van der Waals surface area contributed by atoms with E-state index in [4.69, 9.17) is 0 Å². The summed E-state index contributed by atoms with van der Waals surface area (Å²) >= 11 is 0. The van der Waals surface area contributed by atoms with Crippen molar-refractivity contribution in [1.29, 1.82) is 0 Å². The van der Waals surface area contributed by atoms with Crippen LogP contribution in [0.5, 0.6) is 0 Å². The number of benzene rings is 1. The summed E-state index contributed by atoms with van der Waals surface area (Å²) in [6.07, 6.45) is 4.94. The van der Waals surface area contributed by atoms with Gasteiger partial charge in [-0.05, 0) is 35.4 Å². The number of H-pyrrole nitrogens is 1. The molecule has 0 spiro atoms. The molecule has 1 N–H and O–H groups in total. The molecule has 36 heavy (non-hydrogen) atoms. The molecule has 0 saturated carbocycles. The molecule has 188 valence electrons. The van der Waals surface area contributed by atoms with Gasteiger partial charge in [-0.3, -0.25) is 20.2 Å². The van der Waals surface area contributed by atoms with Crippen molar-refractivity contribution in [2.75, 3.05) is 0 Å². The van der Waals surface area contributed by atoms with Gasteiger partial charge in [0.1, 0.15) is 11.4 Å². The van der Waals surface area contributed by atoms with E-state index in [1.807, 2.05) is 13.8 Å². The predicted molar refractivity (Wildman–Crippen MR) is 129 cm³/mol. The summed E-state index contributed by atoms with van der Waals surface area (Å²) in [6, 6.07) is 6.01. The number of aryl methyl sites for hydroxylation is 1. The highest BCUT2D eigenvalue weighted by Gasteiger charge is 2.30. The topological polar surface area (TPSA) is 176 Å². The molecule has 0 saturated heterocycles.